The molecule has 0 amide bonds. The van der Waals surface area contributed by atoms with Gasteiger partial charge in [0, 0.05) is 19.1 Å². The van der Waals surface area contributed by atoms with Gasteiger partial charge in [-0.2, -0.15) is 0 Å². The lowest BCUT2D eigenvalue weighted by atomic mass is 9.83. The quantitative estimate of drug-likeness (QED) is 0.211. The Morgan fingerprint density at radius 3 is 2.09 bits per heavy atom. The molecule has 1 saturated heterocycles. The minimum Gasteiger partial charge on any atom is -0.417 e. The number of hydrogen-bond acceptors (Lipinski definition) is 4. The van der Waals surface area contributed by atoms with E-state index in [1.807, 2.05) is 0 Å². The fourth-order valence-corrected chi connectivity index (χ4v) is 7.82. The van der Waals surface area contributed by atoms with Crippen molar-refractivity contribution in [1.29, 1.82) is 0 Å². The van der Waals surface area contributed by atoms with E-state index in [4.69, 9.17) is 13.6 Å². The summed E-state index contributed by atoms with van der Waals surface area (Å²) in [5.41, 5.74) is 0. The van der Waals surface area contributed by atoms with Crippen LogP contribution < -0.4 is 0 Å². The Bertz CT molecular complexity index is 623. The zero-order valence-corrected chi connectivity index (χ0v) is 26.5. The third kappa shape index (κ3) is 8.14. The number of rotatable bonds is 12. The van der Waals surface area contributed by atoms with Crippen LogP contribution in [0.3, 0.4) is 0 Å². The predicted molar refractivity (Wildman–Crippen MR) is 149 cm³/mol. The van der Waals surface area contributed by atoms with Crippen molar-refractivity contribution < 1.29 is 18.7 Å². The van der Waals surface area contributed by atoms with Gasteiger partial charge in [-0.25, -0.2) is 0 Å². The third-order valence-corrected chi connectivity index (χ3v) is 18.8. The van der Waals surface area contributed by atoms with Gasteiger partial charge in [-0.15, -0.1) is 0 Å². The summed E-state index contributed by atoms with van der Waals surface area (Å²) in [4.78, 5) is 0. The van der Waals surface area contributed by atoms with E-state index in [1.54, 1.807) is 0 Å². The second kappa shape index (κ2) is 11.8. The standard InChI is InChI=1S/C28H58O4Si2/c1-21-19-25-24(20-26(29)31-25)23(21)17-16-22(32-34(10,11)28(5,6)7)15-13-12-14-18-30-33(8,9)27(2,3)4/h21-26,29H,12-20H2,1-11H3/t21-,22?,23+,24-,25+,26?/m1/s1. The van der Waals surface area contributed by atoms with Crippen molar-refractivity contribution in [3.05, 3.63) is 0 Å². The van der Waals surface area contributed by atoms with Gasteiger partial charge in [0.05, 0.1) is 6.10 Å². The molecule has 202 valence electrons. The summed E-state index contributed by atoms with van der Waals surface area (Å²) in [6.45, 7) is 26.7. The molecule has 0 aromatic heterocycles. The monoisotopic (exact) mass is 514 g/mol. The maximum Gasteiger partial charge on any atom is 0.192 e. The molecule has 0 aromatic rings. The van der Waals surface area contributed by atoms with Crippen LogP contribution in [0.1, 0.15) is 99.8 Å². The summed E-state index contributed by atoms with van der Waals surface area (Å²) in [7, 11) is -3.44. The molecule has 1 N–H and O–H groups in total. The molecule has 34 heavy (non-hydrogen) atoms. The molecule has 0 spiro atoms. The molecule has 0 bridgehead atoms. The molecule has 1 aliphatic heterocycles. The molecule has 2 unspecified atom stereocenters. The SMILES string of the molecule is C[C@@H]1C[C@@H]2OC(O)C[C@@H]2[C@H]1CCC(CCCCCO[Si](C)(C)C(C)(C)C)O[Si](C)(C)C(C)(C)C. The van der Waals surface area contributed by atoms with Crippen LogP contribution in [0.25, 0.3) is 0 Å². The van der Waals surface area contributed by atoms with E-state index in [9.17, 15) is 5.11 Å². The Kier molecular flexibility index (Phi) is 10.6. The number of fused-ring (bicyclic) bond motifs is 1. The average molecular weight is 515 g/mol. The topological polar surface area (TPSA) is 47.9 Å². The van der Waals surface area contributed by atoms with Gasteiger partial charge in [-0.1, -0.05) is 61.3 Å². The van der Waals surface area contributed by atoms with Crippen molar-refractivity contribution in [3.8, 4) is 0 Å². The highest BCUT2D eigenvalue weighted by Crippen LogP contribution is 2.48. The molecular formula is C28H58O4Si2. The molecule has 2 aliphatic rings. The molecule has 6 heteroatoms. The minimum atomic E-state index is -1.80. The van der Waals surface area contributed by atoms with Crippen LogP contribution in [0.5, 0.6) is 0 Å². The van der Waals surface area contributed by atoms with E-state index >= 15 is 0 Å². The Balaban J connectivity index is 1.87. The van der Waals surface area contributed by atoms with Gasteiger partial charge < -0.3 is 18.7 Å². The van der Waals surface area contributed by atoms with Crippen LogP contribution in [0.4, 0.5) is 0 Å². The van der Waals surface area contributed by atoms with Gasteiger partial charge >= 0.3 is 0 Å². The van der Waals surface area contributed by atoms with Crippen molar-refractivity contribution in [1.82, 2.24) is 0 Å². The van der Waals surface area contributed by atoms with Crippen molar-refractivity contribution in [2.75, 3.05) is 6.61 Å². The molecule has 0 aromatic carbocycles. The van der Waals surface area contributed by atoms with Crippen molar-refractivity contribution >= 4 is 16.6 Å². The predicted octanol–water partition coefficient (Wildman–Crippen LogP) is 8.12. The van der Waals surface area contributed by atoms with E-state index in [-0.39, 0.29) is 16.2 Å². The first-order valence-electron chi connectivity index (χ1n) is 14.1. The summed E-state index contributed by atoms with van der Waals surface area (Å²) < 4.78 is 19.1. The first-order chi connectivity index (χ1) is 15.4. The Morgan fingerprint density at radius 2 is 1.50 bits per heavy atom. The third-order valence-electron chi connectivity index (χ3n) is 9.70. The van der Waals surface area contributed by atoms with Gasteiger partial charge in [0.1, 0.15) is 0 Å². The molecule has 1 heterocycles. The van der Waals surface area contributed by atoms with Crippen molar-refractivity contribution in [2.45, 2.75) is 155 Å². The minimum absolute atomic E-state index is 0.234. The van der Waals surface area contributed by atoms with E-state index in [1.165, 1.54) is 19.3 Å². The number of aliphatic hydroxyl groups excluding tert-OH is 1. The Labute approximate surface area is 214 Å². The highest BCUT2D eigenvalue weighted by Gasteiger charge is 2.47. The van der Waals surface area contributed by atoms with Gasteiger partial charge in [0.15, 0.2) is 22.9 Å². The molecule has 6 atom stereocenters. The smallest absolute Gasteiger partial charge is 0.192 e. The van der Waals surface area contributed by atoms with Crippen LogP contribution in [0.15, 0.2) is 0 Å². The normalized spacial score (nSPS) is 29.5. The fourth-order valence-electron chi connectivity index (χ4n) is 5.31. The van der Waals surface area contributed by atoms with Crippen LogP contribution in [-0.4, -0.2) is 46.8 Å². The molecule has 4 nitrogen and oxygen atoms in total. The van der Waals surface area contributed by atoms with E-state index in [0.29, 0.717) is 23.9 Å². The van der Waals surface area contributed by atoms with Gasteiger partial charge in [-0.3, -0.25) is 0 Å². The molecule has 1 saturated carbocycles. The van der Waals surface area contributed by atoms with Gasteiger partial charge in [0.2, 0.25) is 0 Å². The number of aliphatic hydroxyl groups is 1. The molecule has 2 fully saturated rings. The largest absolute Gasteiger partial charge is 0.417 e. The highest BCUT2D eigenvalue weighted by atomic mass is 28.4. The zero-order chi connectivity index (χ0) is 25.9. The van der Waals surface area contributed by atoms with E-state index in [0.717, 1.165) is 38.7 Å². The summed E-state index contributed by atoms with van der Waals surface area (Å²) in [5, 5.41) is 10.5. The summed E-state index contributed by atoms with van der Waals surface area (Å²) >= 11 is 0. The Morgan fingerprint density at radius 1 is 0.882 bits per heavy atom. The lowest BCUT2D eigenvalue weighted by Gasteiger charge is -2.40. The lowest BCUT2D eigenvalue weighted by molar-refractivity contribution is -0.0922. The van der Waals surface area contributed by atoms with Gasteiger partial charge in [0.25, 0.3) is 0 Å². The molecular weight excluding hydrogens is 456 g/mol. The number of unbranched alkanes of at least 4 members (excludes halogenated alkanes) is 2. The maximum atomic E-state index is 9.99. The fraction of sp³-hybridized carbons (Fsp3) is 1.00. The zero-order valence-electron chi connectivity index (χ0n) is 24.5. The van der Waals surface area contributed by atoms with Crippen LogP contribution in [-0.2, 0) is 13.6 Å². The molecule has 0 radical (unpaired) electrons. The highest BCUT2D eigenvalue weighted by molar-refractivity contribution is 6.74. The number of ether oxygens (including phenoxy) is 1. The average Bonchev–Trinajstić information content (AvgIpc) is 3.14. The van der Waals surface area contributed by atoms with Crippen LogP contribution in [0.2, 0.25) is 36.3 Å². The summed E-state index contributed by atoms with van der Waals surface area (Å²) in [6, 6.07) is 0. The van der Waals surface area contributed by atoms with Crippen LogP contribution >= 0.6 is 0 Å². The first-order valence-corrected chi connectivity index (χ1v) is 19.9. The second-order valence-electron chi connectivity index (χ2n) is 14.4. The van der Waals surface area contributed by atoms with Crippen molar-refractivity contribution in [2.24, 2.45) is 17.8 Å². The molecule has 1 aliphatic carbocycles. The maximum absolute atomic E-state index is 9.99. The second-order valence-corrected chi connectivity index (χ2v) is 24.0. The number of hydrogen-bond donors (Lipinski definition) is 1. The van der Waals surface area contributed by atoms with Crippen molar-refractivity contribution in [3.63, 3.8) is 0 Å². The van der Waals surface area contributed by atoms with Crippen LogP contribution in [0, 0.1) is 17.8 Å². The van der Waals surface area contributed by atoms with Gasteiger partial charge in [-0.05, 0) is 86.1 Å². The first kappa shape index (κ1) is 30.5. The summed E-state index contributed by atoms with van der Waals surface area (Å²) in [6.07, 6.45) is 9.09. The van der Waals surface area contributed by atoms with E-state index in [2.05, 4.69) is 74.7 Å². The Hall–Kier alpha value is 0.274. The lowest BCUT2D eigenvalue weighted by Crippen LogP contribution is -2.44. The summed E-state index contributed by atoms with van der Waals surface area (Å²) in [5.74, 6) is 1.88. The molecule has 2 rings (SSSR count). The van der Waals surface area contributed by atoms with E-state index < -0.39 is 22.9 Å².